The second-order valence-corrected chi connectivity index (χ2v) is 5.09. The van der Waals surface area contributed by atoms with Crippen molar-refractivity contribution in [1.29, 1.82) is 0 Å². The number of aromatic nitrogens is 4. The van der Waals surface area contributed by atoms with E-state index in [4.69, 9.17) is 23.2 Å². The van der Waals surface area contributed by atoms with Gasteiger partial charge in [-0.15, -0.1) is 10.2 Å². The van der Waals surface area contributed by atoms with Crippen molar-refractivity contribution in [3.8, 4) is 11.4 Å². The summed E-state index contributed by atoms with van der Waals surface area (Å²) in [7, 11) is 0. The molecule has 1 heterocycles. The molecule has 1 aromatic heterocycles. The minimum absolute atomic E-state index is 0.454. The molecular formula is C14H10Cl2N4. The van der Waals surface area contributed by atoms with Gasteiger partial charge in [0.25, 0.3) is 0 Å². The molecule has 6 heteroatoms. The maximum Gasteiger partial charge on any atom is 0.204 e. The first-order valence-electron chi connectivity index (χ1n) is 5.99. The van der Waals surface area contributed by atoms with Crippen molar-refractivity contribution in [2.75, 3.05) is 0 Å². The van der Waals surface area contributed by atoms with Crippen molar-refractivity contribution >= 4 is 23.2 Å². The van der Waals surface area contributed by atoms with Crippen molar-refractivity contribution in [2.45, 2.75) is 6.54 Å². The molecule has 20 heavy (non-hydrogen) atoms. The molecule has 0 spiro atoms. The number of halogens is 2. The SMILES string of the molecule is Clc1ccc(Cn2nnc(-c3ccccc3)n2)c(Cl)c1. The number of rotatable bonds is 3. The maximum absolute atomic E-state index is 6.13. The van der Waals surface area contributed by atoms with E-state index in [1.807, 2.05) is 36.4 Å². The Balaban J connectivity index is 1.84. The molecule has 3 rings (SSSR count). The highest BCUT2D eigenvalue weighted by atomic mass is 35.5. The van der Waals surface area contributed by atoms with Gasteiger partial charge in [0, 0.05) is 15.6 Å². The van der Waals surface area contributed by atoms with Crippen LogP contribution in [0.1, 0.15) is 5.56 Å². The lowest BCUT2D eigenvalue weighted by Gasteiger charge is -2.02. The molecule has 0 saturated heterocycles. The molecule has 0 aliphatic heterocycles. The number of hydrogen-bond acceptors (Lipinski definition) is 3. The normalized spacial score (nSPS) is 10.7. The molecule has 0 unspecified atom stereocenters. The Morgan fingerprint density at radius 1 is 1.00 bits per heavy atom. The van der Waals surface area contributed by atoms with Crippen LogP contribution >= 0.6 is 23.2 Å². The minimum Gasteiger partial charge on any atom is -0.159 e. The van der Waals surface area contributed by atoms with Crippen molar-refractivity contribution in [1.82, 2.24) is 20.2 Å². The summed E-state index contributed by atoms with van der Waals surface area (Å²) in [5.41, 5.74) is 1.83. The van der Waals surface area contributed by atoms with Gasteiger partial charge in [0.1, 0.15) is 0 Å². The predicted octanol–water partition coefficient (Wildman–Crippen LogP) is 3.70. The standard InChI is InChI=1S/C14H10Cl2N4/c15-12-7-6-11(13(16)8-12)9-20-18-14(17-19-20)10-4-2-1-3-5-10/h1-8H,9H2. The number of benzene rings is 2. The molecule has 0 saturated carbocycles. The van der Waals surface area contributed by atoms with Crippen molar-refractivity contribution in [3.63, 3.8) is 0 Å². The highest BCUT2D eigenvalue weighted by molar-refractivity contribution is 6.35. The summed E-state index contributed by atoms with van der Waals surface area (Å²) in [4.78, 5) is 1.51. The molecule has 0 atom stereocenters. The van der Waals surface area contributed by atoms with Crippen LogP contribution in [0, 0.1) is 0 Å². The van der Waals surface area contributed by atoms with Gasteiger partial charge in [0.15, 0.2) is 0 Å². The van der Waals surface area contributed by atoms with Crippen LogP contribution in [0.5, 0.6) is 0 Å². The van der Waals surface area contributed by atoms with Crippen LogP contribution < -0.4 is 0 Å². The van der Waals surface area contributed by atoms with Gasteiger partial charge in [-0.05, 0) is 22.9 Å². The summed E-state index contributed by atoms with van der Waals surface area (Å²) in [6, 6.07) is 15.0. The molecule has 4 nitrogen and oxygen atoms in total. The van der Waals surface area contributed by atoms with Gasteiger partial charge in [0.2, 0.25) is 5.82 Å². The Kier molecular flexibility index (Phi) is 3.67. The molecule has 2 aromatic carbocycles. The summed E-state index contributed by atoms with van der Waals surface area (Å²) in [5.74, 6) is 0.593. The molecule has 3 aromatic rings. The van der Waals surface area contributed by atoms with Crippen LogP contribution in [-0.2, 0) is 6.54 Å². The van der Waals surface area contributed by atoms with Crippen molar-refractivity contribution in [3.05, 3.63) is 64.1 Å². The fourth-order valence-corrected chi connectivity index (χ4v) is 2.28. The van der Waals surface area contributed by atoms with Crippen molar-refractivity contribution in [2.24, 2.45) is 0 Å². The molecule has 0 bridgehead atoms. The third kappa shape index (κ3) is 2.81. The Hall–Kier alpha value is -1.91. The zero-order valence-electron chi connectivity index (χ0n) is 10.4. The van der Waals surface area contributed by atoms with Crippen LogP contribution in [0.15, 0.2) is 48.5 Å². The zero-order chi connectivity index (χ0) is 13.9. The van der Waals surface area contributed by atoms with Gasteiger partial charge in [-0.2, -0.15) is 4.80 Å². The second kappa shape index (κ2) is 5.61. The van der Waals surface area contributed by atoms with Crippen LogP contribution in [0.3, 0.4) is 0 Å². The molecule has 0 aliphatic carbocycles. The smallest absolute Gasteiger partial charge is 0.159 e. The van der Waals surface area contributed by atoms with E-state index in [0.717, 1.165) is 11.1 Å². The molecule has 0 fully saturated rings. The van der Waals surface area contributed by atoms with Gasteiger partial charge in [-0.1, -0.05) is 59.6 Å². The molecule has 0 radical (unpaired) electrons. The lowest BCUT2D eigenvalue weighted by molar-refractivity contribution is 0.573. The lowest BCUT2D eigenvalue weighted by Crippen LogP contribution is -2.04. The highest BCUT2D eigenvalue weighted by Crippen LogP contribution is 2.21. The van der Waals surface area contributed by atoms with E-state index in [9.17, 15) is 0 Å². The van der Waals surface area contributed by atoms with Crippen molar-refractivity contribution < 1.29 is 0 Å². The lowest BCUT2D eigenvalue weighted by atomic mass is 10.2. The molecule has 0 aliphatic rings. The van der Waals surface area contributed by atoms with E-state index in [1.54, 1.807) is 12.1 Å². The zero-order valence-corrected chi connectivity index (χ0v) is 11.9. The third-order valence-corrected chi connectivity index (χ3v) is 3.40. The predicted molar refractivity (Wildman–Crippen MR) is 78.8 cm³/mol. The Morgan fingerprint density at radius 3 is 2.55 bits per heavy atom. The topological polar surface area (TPSA) is 43.6 Å². The number of nitrogens with zero attached hydrogens (tertiary/aromatic N) is 4. The molecule has 100 valence electrons. The van der Waals surface area contributed by atoms with Gasteiger partial charge in [-0.3, -0.25) is 0 Å². The van der Waals surface area contributed by atoms with E-state index in [1.165, 1.54) is 4.80 Å². The van der Waals surface area contributed by atoms with Crippen LogP contribution in [0.2, 0.25) is 10.0 Å². The molecule has 0 N–H and O–H groups in total. The van der Waals surface area contributed by atoms with Crippen LogP contribution in [0.4, 0.5) is 0 Å². The second-order valence-electron chi connectivity index (χ2n) is 4.25. The van der Waals surface area contributed by atoms with Gasteiger partial charge >= 0.3 is 0 Å². The first kappa shape index (κ1) is 13.1. The maximum atomic E-state index is 6.13. The summed E-state index contributed by atoms with van der Waals surface area (Å²) in [6.45, 7) is 0.454. The largest absolute Gasteiger partial charge is 0.204 e. The first-order chi connectivity index (χ1) is 9.72. The first-order valence-corrected chi connectivity index (χ1v) is 6.75. The van der Waals surface area contributed by atoms with Gasteiger partial charge in [0.05, 0.1) is 6.54 Å². The minimum atomic E-state index is 0.454. The summed E-state index contributed by atoms with van der Waals surface area (Å²) < 4.78 is 0. The fraction of sp³-hybridized carbons (Fsp3) is 0.0714. The van der Waals surface area contributed by atoms with Gasteiger partial charge in [-0.25, -0.2) is 0 Å². The molecular weight excluding hydrogens is 295 g/mol. The van der Waals surface area contributed by atoms with E-state index < -0.39 is 0 Å². The van der Waals surface area contributed by atoms with E-state index >= 15 is 0 Å². The molecule has 0 amide bonds. The van der Waals surface area contributed by atoms with E-state index in [-0.39, 0.29) is 0 Å². The Labute approximate surface area is 126 Å². The van der Waals surface area contributed by atoms with Gasteiger partial charge < -0.3 is 0 Å². The Bertz CT molecular complexity index is 725. The average molecular weight is 305 g/mol. The van der Waals surface area contributed by atoms with E-state index in [0.29, 0.717) is 22.4 Å². The van der Waals surface area contributed by atoms with Crippen LogP contribution in [0.25, 0.3) is 11.4 Å². The third-order valence-electron chi connectivity index (χ3n) is 2.81. The quantitative estimate of drug-likeness (QED) is 0.741. The summed E-state index contributed by atoms with van der Waals surface area (Å²) in [6.07, 6.45) is 0. The summed E-state index contributed by atoms with van der Waals surface area (Å²) >= 11 is 12.0. The Morgan fingerprint density at radius 2 is 1.80 bits per heavy atom. The van der Waals surface area contributed by atoms with Crippen LogP contribution in [-0.4, -0.2) is 20.2 Å². The summed E-state index contributed by atoms with van der Waals surface area (Å²) in [5, 5.41) is 13.6. The average Bonchev–Trinajstić information content (AvgIpc) is 2.92. The highest BCUT2D eigenvalue weighted by Gasteiger charge is 2.07. The number of hydrogen-bond donors (Lipinski definition) is 0. The monoisotopic (exact) mass is 304 g/mol. The fourth-order valence-electron chi connectivity index (χ4n) is 1.82. The van der Waals surface area contributed by atoms with E-state index in [2.05, 4.69) is 15.4 Å². The number of tetrazole rings is 1.